The average Bonchev–Trinajstić information content (AvgIpc) is 2.70. The van der Waals surface area contributed by atoms with Crippen LogP contribution in [-0.4, -0.2) is 70.1 Å². The molecule has 0 aliphatic carbocycles. The summed E-state index contributed by atoms with van der Waals surface area (Å²) in [5, 5.41) is 29.3. The van der Waals surface area contributed by atoms with Gasteiger partial charge in [-0.2, -0.15) is 15.0 Å². The van der Waals surface area contributed by atoms with Crippen LogP contribution in [0.5, 0.6) is 0 Å². The summed E-state index contributed by atoms with van der Waals surface area (Å²) in [6.07, 6.45) is 5.65. The molecule has 0 aromatic carbocycles. The third kappa shape index (κ3) is 7.43. The minimum absolute atomic E-state index is 0.203. The number of hydrogen-bond acceptors (Lipinski definition) is 9. The second kappa shape index (κ2) is 13.5. The Bertz CT molecular complexity index is 436. The zero-order valence-electron chi connectivity index (χ0n) is 17.0. The van der Waals surface area contributed by atoms with Crippen LogP contribution in [0, 0.1) is 0 Å². The molecule has 0 saturated heterocycles. The van der Waals surface area contributed by atoms with Crippen LogP contribution in [-0.2, 0) is 0 Å². The van der Waals surface area contributed by atoms with E-state index in [0.717, 1.165) is 38.5 Å². The predicted molar refractivity (Wildman–Crippen MR) is 108 cm³/mol. The van der Waals surface area contributed by atoms with Crippen molar-refractivity contribution in [3.63, 3.8) is 0 Å². The van der Waals surface area contributed by atoms with Gasteiger partial charge in [-0.3, -0.25) is 0 Å². The zero-order valence-corrected chi connectivity index (χ0v) is 17.0. The van der Waals surface area contributed by atoms with E-state index in [0.29, 0.717) is 37.5 Å². The minimum Gasteiger partial charge on any atom is -0.376 e. The number of anilines is 3. The van der Waals surface area contributed by atoms with E-state index in [2.05, 4.69) is 35.7 Å². The van der Waals surface area contributed by atoms with Gasteiger partial charge < -0.3 is 30.0 Å². The Labute approximate surface area is 162 Å². The van der Waals surface area contributed by atoms with E-state index in [4.69, 9.17) is 0 Å². The lowest BCUT2D eigenvalue weighted by Crippen LogP contribution is -2.34. The van der Waals surface area contributed by atoms with Crippen molar-refractivity contribution >= 4 is 17.8 Å². The topological polar surface area (TPSA) is 109 Å². The molecule has 3 N–H and O–H groups in total. The summed E-state index contributed by atoms with van der Waals surface area (Å²) in [7, 11) is 0. The third-order valence-electron chi connectivity index (χ3n) is 4.31. The van der Waals surface area contributed by atoms with Gasteiger partial charge in [-0.1, -0.05) is 40.0 Å². The van der Waals surface area contributed by atoms with Crippen molar-refractivity contribution in [3.8, 4) is 0 Å². The van der Waals surface area contributed by atoms with E-state index in [1.165, 1.54) is 0 Å². The molecule has 0 bridgehead atoms. The molecular formula is C18H36N6O3. The van der Waals surface area contributed by atoms with Crippen LogP contribution in [0.1, 0.15) is 59.3 Å². The summed E-state index contributed by atoms with van der Waals surface area (Å²) in [4.78, 5) is 18.5. The van der Waals surface area contributed by atoms with Crippen molar-refractivity contribution < 1.29 is 15.3 Å². The van der Waals surface area contributed by atoms with Crippen molar-refractivity contribution in [1.82, 2.24) is 15.0 Å². The molecule has 0 saturated carbocycles. The van der Waals surface area contributed by atoms with E-state index < -0.39 is 0 Å². The van der Waals surface area contributed by atoms with Crippen LogP contribution in [0.2, 0.25) is 0 Å². The van der Waals surface area contributed by atoms with Crippen LogP contribution in [0.3, 0.4) is 0 Å². The van der Waals surface area contributed by atoms with Gasteiger partial charge in [0.25, 0.3) is 0 Å². The number of nitrogens with zero attached hydrogens (tertiary/aromatic N) is 6. The number of aliphatic hydroxyl groups is 3. The lowest BCUT2D eigenvalue weighted by atomic mass is 10.3. The van der Waals surface area contributed by atoms with Gasteiger partial charge in [0.05, 0.1) is 0 Å². The van der Waals surface area contributed by atoms with Crippen molar-refractivity contribution in [2.45, 2.75) is 59.3 Å². The van der Waals surface area contributed by atoms with E-state index in [1.54, 1.807) is 14.7 Å². The first-order chi connectivity index (χ1) is 13.1. The monoisotopic (exact) mass is 384 g/mol. The highest BCUT2D eigenvalue weighted by Gasteiger charge is 2.19. The normalized spacial score (nSPS) is 10.9. The van der Waals surface area contributed by atoms with Gasteiger partial charge in [0.1, 0.15) is 20.2 Å². The van der Waals surface area contributed by atoms with Gasteiger partial charge in [-0.25, -0.2) is 0 Å². The highest BCUT2D eigenvalue weighted by molar-refractivity contribution is 5.46. The number of rotatable bonds is 15. The maximum absolute atomic E-state index is 9.76. The summed E-state index contributed by atoms with van der Waals surface area (Å²) in [5.41, 5.74) is 0. The van der Waals surface area contributed by atoms with Crippen LogP contribution in [0.25, 0.3) is 0 Å². The van der Waals surface area contributed by atoms with E-state index in [9.17, 15) is 15.3 Å². The summed E-state index contributed by atoms with van der Waals surface area (Å²) < 4.78 is 0. The molecule has 0 spiro atoms. The average molecular weight is 385 g/mol. The molecule has 156 valence electrons. The third-order valence-corrected chi connectivity index (χ3v) is 4.31. The lowest BCUT2D eigenvalue weighted by Gasteiger charge is -2.26. The van der Waals surface area contributed by atoms with Gasteiger partial charge in [0.15, 0.2) is 0 Å². The predicted octanol–water partition coefficient (Wildman–Crippen LogP) is 1.54. The Hall–Kier alpha value is -1.71. The Morgan fingerprint density at radius 2 is 0.815 bits per heavy atom. The SMILES string of the molecule is CCCCN(CO)c1nc(N(CO)CCCC)nc(N(CO)CCCC)n1. The van der Waals surface area contributed by atoms with Gasteiger partial charge in [0, 0.05) is 19.6 Å². The van der Waals surface area contributed by atoms with Crippen LogP contribution >= 0.6 is 0 Å². The lowest BCUT2D eigenvalue weighted by molar-refractivity contribution is 0.282. The van der Waals surface area contributed by atoms with Crippen LogP contribution in [0.4, 0.5) is 17.8 Å². The summed E-state index contributed by atoms with van der Waals surface area (Å²) in [5.74, 6) is 1.07. The first kappa shape index (κ1) is 23.3. The number of unbranched alkanes of at least 4 members (excludes halogenated alkanes) is 3. The molecule has 0 radical (unpaired) electrons. The molecule has 1 aromatic heterocycles. The molecular weight excluding hydrogens is 348 g/mol. The number of aliphatic hydroxyl groups excluding tert-OH is 3. The Balaban J connectivity index is 3.26. The van der Waals surface area contributed by atoms with E-state index in [-0.39, 0.29) is 20.2 Å². The molecule has 0 aliphatic heterocycles. The smallest absolute Gasteiger partial charge is 0.233 e. The van der Waals surface area contributed by atoms with Crippen LogP contribution in [0.15, 0.2) is 0 Å². The standard InChI is InChI=1S/C18H36N6O3/c1-4-7-10-22(13-25)16-19-17(23(14-26)11-8-5-2)21-18(20-16)24(15-27)12-9-6-3/h25-27H,4-15H2,1-3H3. The quantitative estimate of drug-likeness (QED) is 0.388. The second-order valence-corrected chi connectivity index (χ2v) is 6.51. The molecule has 0 fully saturated rings. The Morgan fingerprint density at radius 1 is 0.556 bits per heavy atom. The van der Waals surface area contributed by atoms with Crippen molar-refractivity contribution in [2.24, 2.45) is 0 Å². The molecule has 0 aliphatic rings. The van der Waals surface area contributed by atoms with Gasteiger partial charge >= 0.3 is 0 Å². The molecule has 0 unspecified atom stereocenters. The molecule has 9 nitrogen and oxygen atoms in total. The molecule has 0 amide bonds. The highest BCUT2D eigenvalue weighted by atomic mass is 16.3. The van der Waals surface area contributed by atoms with Crippen molar-refractivity contribution in [1.29, 1.82) is 0 Å². The second-order valence-electron chi connectivity index (χ2n) is 6.51. The largest absolute Gasteiger partial charge is 0.376 e. The highest BCUT2D eigenvalue weighted by Crippen LogP contribution is 2.20. The maximum atomic E-state index is 9.76. The zero-order chi connectivity index (χ0) is 20.1. The number of aromatic nitrogens is 3. The molecule has 1 heterocycles. The minimum atomic E-state index is -0.203. The van der Waals surface area contributed by atoms with Gasteiger partial charge in [-0.15, -0.1) is 0 Å². The maximum Gasteiger partial charge on any atom is 0.233 e. The molecule has 0 atom stereocenters. The fraction of sp³-hybridized carbons (Fsp3) is 0.833. The Morgan fingerprint density at radius 3 is 1.00 bits per heavy atom. The van der Waals surface area contributed by atoms with Crippen LogP contribution < -0.4 is 14.7 Å². The van der Waals surface area contributed by atoms with Gasteiger partial charge in [0.2, 0.25) is 17.8 Å². The summed E-state index contributed by atoms with van der Waals surface area (Å²) in [6, 6.07) is 0. The fourth-order valence-corrected chi connectivity index (χ4v) is 2.52. The van der Waals surface area contributed by atoms with Crippen molar-refractivity contribution in [3.05, 3.63) is 0 Å². The first-order valence-corrected chi connectivity index (χ1v) is 9.98. The van der Waals surface area contributed by atoms with E-state index >= 15 is 0 Å². The van der Waals surface area contributed by atoms with E-state index in [1.807, 2.05) is 0 Å². The molecule has 9 heteroatoms. The summed E-state index contributed by atoms with van der Waals surface area (Å²) >= 11 is 0. The molecule has 27 heavy (non-hydrogen) atoms. The number of hydrogen-bond donors (Lipinski definition) is 3. The molecule has 1 aromatic rings. The van der Waals surface area contributed by atoms with Gasteiger partial charge in [-0.05, 0) is 19.3 Å². The van der Waals surface area contributed by atoms with Crippen molar-refractivity contribution in [2.75, 3.05) is 54.5 Å². The summed E-state index contributed by atoms with van der Waals surface area (Å²) in [6.45, 7) is 7.50. The Kier molecular flexibility index (Phi) is 11.6. The fourth-order valence-electron chi connectivity index (χ4n) is 2.52. The molecule has 1 rings (SSSR count). The first-order valence-electron chi connectivity index (χ1n) is 9.98.